The van der Waals surface area contributed by atoms with Gasteiger partial charge in [-0.25, -0.2) is 4.98 Å². The summed E-state index contributed by atoms with van der Waals surface area (Å²) in [7, 11) is 1.53. The average molecular weight is 597 g/mol. The van der Waals surface area contributed by atoms with Crippen molar-refractivity contribution in [3.05, 3.63) is 52.7 Å². The van der Waals surface area contributed by atoms with E-state index < -0.39 is 23.2 Å². The van der Waals surface area contributed by atoms with E-state index in [-0.39, 0.29) is 42.4 Å². The fourth-order valence-corrected chi connectivity index (χ4v) is 6.00. The van der Waals surface area contributed by atoms with Crippen LogP contribution < -0.4 is 15.0 Å². The molecule has 0 unspecified atom stereocenters. The number of carbonyl (C=O) groups is 2. The number of benzene rings is 1. The Balaban J connectivity index is 1.32. The van der Waals surface area contributed by atoms with Gasteiger partial charge < -0.3 is 25.0 Å². The minimum Gasteiger partial charge on any atom is -0.494 e. The van der Waals surface area contributed by atoms with Crippen LogP contribution >= 0.6 is 11.6 Å². The molecule has 2 aliphatic heterocycles. The number of amides is 2. The van der Waals surface area contributed by atoms with Gasteiger partial charge in [-0.05, 0) is 75.1 Å². The van der Waals surface area contributed by atoms with Gasteiger partial charge in [0.1, 0.15) is 16.7 Å². The van der Waals surface area contributed by atoms with E-state index in [1.165, 1.54) is 19.2 Å². The zero-order valence-corrected chi connectivity index (χ0v) is 24.0. The lowest BCUT2D eigenvalue weighted by atomic mass is 9.82. The summed E-state index contributed by atoms with van der Waals surface area (Å²) < 4.78 is 47.8. The van der Waals surface area contributed by atoms with Crippen LogP contribution in [0.1, 0.15) is 54.9 Å². The highest BCUT2D eigenvalue weighted by Crippen LogP contribution is 2.42. The van der Waals surface area contributed by atoms with Crippen LogP contribution in [0, 0.1) is 11.8 Å². The van der Waals surface area contributed by atoms with Gasteiger partial charge in [0, 0.05) is 38.8 Å². The Bertz CT molecular complexity index is 1230. The molecule has 0 radical (unpaired) electrons. The van der Waals surface area contributed by atoms with Crippen molar-refractivity contribution in [2.75, 3.05) is 44.7 Å². The molecule has 2 aromatic rings. The Morgan fingerprint density at radius 1 is 1.07 bits per heavy atom. The van der Waals surface area contributed by atoms with Gasteiger partial charge in [0.2, 0.25) is 0 Å². The summed E-state index contributed by atoms with van der Waals surface area (Å²) in [6.07, 6.45) is -1.24. The molecule has 8 nitrogen and oxygen atoms in total. The molecular formula is C29H36ClF3N4O4. The largest absolute Gasteiger partial charge is 0.494 e. The van der Waals surface area contributed by atoms with Crippen molar-refractivity contribution in [3.8, 4) is 5.75 Å². The number of nitrogens with one attached hydrogen (secondary N) is 1. The monoisotopic (exact) mass is 596 g/mol. The third-order valence-corrected chi connectivity index (χ3v) is 8.38. The van der Waals surface area contributed by atoms with Gasteiger partial charge in [-0.3, -0.25) is 9.59 Å². The lowest BCUT2D eigenvalue weighted by Crippen LogP contribution is -2.57. The molecule has 224 valence electrons. The number of nitrogens with zero attached hydrogens (tertiary/aromatic N) is 3. The van der Waals surface area contributed by atoms with E-state index in [4.69, 9.17) is 16.3 Å². The van der Waals surface area contributed by atoms with Crippen molar-refractivity contribution in [1.82, 2.24) is 15.2 Å². The second-order valence-electron chi connectivity index (χ2n) is 10.7. The molecule has 2 N–H and O–H groups in total. The van der Waals surface area contributed by atoms with E-state index in [1.807, 2.05) is 0 Å². The number of alkyl halides is 3. The molecule has 0 spiro atoms. The van der Waals surface area contributed by atoms with E-state index in [2.05, 4.69) is 15.2 Å². The number of rotatable bonds is 8. The highest BCUT2D eigenvalue weighted by molar-refractivity contribution is 6.32. The van der Waals surface area contributed by atoms with Crippen molar-refractivity contribution in [2.45, 2.75) is 50.8 Å². The smallest absolute Gasteiger partial charge is 0.430 e. The zero-order valence-electron chi connectivity index (χ0n) is 23.2. The first kappa shape index (κ1) is 30.9. The van der Waals surface area contributed by atoms with Gasteiger partial charge in [-0.15, -0.1) is 0 Å². The van der Waals surface area contributed by atoms with Crippen LogP contribution in [-0.4, -0.2) is 72.8 Å². The minimum atomic E-state index is -5.19. The number of anilines is 1. The molecule has 4 rings (SSSR count). The predicted octanol–water partition coefficient (Wildman–Crippen LogP) is 4.79. The first-order chi connectivity index (χ1) is 19.5. The van der Waals surface area contributed by atoms with E-state index in [0.717, 1.165) is 55.2 Å². The molecule has 2 saturated heterocycles. The Morgan fingerprint density at radius 3 is 2.27 bits per heavy atom. The predicted molar refractivity (Wildman–Crippen MR) is 149 cm³/mol. The third-order valence-electron chi connectivity index (χ3n) is 8.10. The molecule has 0 bridgehead atoms. The Hall–Kier alpha value is -3.05. The van der Waals surface area contributed by atoms with Crippen LogP contribution in [0.3, 0.4) is 0 Å². The quantitative estimate of drug-likeness (QED) is 0.426. The number of hydrogen-bond acceptors (Lipinski definition) is 6. The van der Waals surface area contributed by atoms with Gasteiger partial charge >= 0.3 is 6.18 Å². The maximum atomic E-state index is 14.2. The second-order valence-corrected chi connectivity index (χ2v) is 11.0. The average Bonchev–Trinajstić information content (AvgIpc) is 2.96. The number of aliphatic hydroxyl groups is 1. The Labute approximate surface area is 242 Å². The lowest BCUT2D eigenvalue weighted by molar-refractivity contribution is -0.262. The first-order valence-electron chi connectivity index (χ1n) is 13.9. The molecule has 0 aliphatic carbocycles. The van der Waals surface area contributed by atoms with Crippen LogP contribution in [0.25, 0.3) is 0 Å². The van der Waals surface area contributed by atoms with E-state index in [9.17, 15) is 27.9 Å². The van der Waals surface area contributed by atoms with Gasteiger partial charge in [0.15, 0.2) is 0 Å². The minimum absolute atomic E-state index is 0.157. The van der Waals surface area contributed by atoms with Crippen molar-refractivity contribution in [2.24, 2.45) is 11.8 Å². The molecule has 2 aliphatic rings. The molecule has 12 heteroatoms. The van der Waals surface area contributed by atoms with Crippen LogP contribution in [-0.2, 0) is 10.4 Å². The van der Waals surface area contributed by atoms with Crippen LogP contribution in [0.5, 0.6) is 5.75 Å². The number of aromatic nitrogens is 1. The van der Waals surface area contributed by atoms with E-state index in [1.54, 1.807) is 19.1 Å². The number of ether oxygens (including phenoxy) is 1. The molecule has 3 heterocycles. The SMILES string of the molecule is CCOc1cccc([C@@](O)(C(=O)N2CCC(CC3CCN(c4ccc(C(=O)NC)c(Cl)n4)CC3)CC2)C(F)(F)F)c1. The molecule has 1 aromatic heterocycles. The highest BCUT2D eigenvalue weighted by atomic mass is 35.5. The number of halogens is 4. The van der Waals surface area contributed by atoms with Gasteiger partial charge in [0.25, 0.3) is 17.4 Å². The van der Waals surface area contributed by atoms with Crippen molar-refractivity contribution >= 4 is 29.2 Å². The van der Waals surface area contributed by atoms with Crippen LogP contribution in [0.4, 0.5) is 19.0 Å². The fraction of sp³-hybridized carbons (Fsp3) is 0.552. The van der Waals surface area contributed by atoms with Crippen LogP contribution in [0.15, 0.2) is 36.4 Å². The maximum absolute atomic E-state index is 14.2. The molecule has 2 amide bonds. The van der Waals surface area contributed by atoms with Crippen molar-refractivity contribution in [1.29, 1.82) is 0 Å². The van der Waals surface area contributed by atoms with Gasteiger partial charge in [-0.1, -0.05) is 23.7 Å². The number of carbonyl (C=O) groups excluding carboxylic acids is 2. The normalized spacial score (nSPS) is 18.6. The Kier molecular flexibility index (Phi) is 9.69. The first-order valence-corrected chi connectivity index (χ1v) is 14.3. The molecular weight excluding hydrogens is 561 g/mol. The summed E-state index contributed by atoms with van der Waals surface area (Å²) in [5.41, 5.74) is -3.87. The van der Waals surface area contributed by atoms with Gasteiger partial charge in [0.05, 0.1) is 12.2 Å². The molecule has 1 atom stereocenters. The number of likely N-dealkylation sites (tertiary alicyclic amines) is 1. The summed E-state index contributed by atoms with van der Waals surface area (Å²) >= 11 is 6.21. The van der Waals surface area contributed by atoms with Gasteiger partial charge in [-0.2, -0.15) is 13.2 Å². The standard InChI is InChI=1S/C29H36ClF3N4O4/c1-3-41-22-6-4-5-21(18-22)28(40,29(31,32)33)27(39)37-15-11-20(12-16-37)17-19-9-13-36(14-10-19)24-8-7-23(25(30)35-24)26(38)34-2/h4-8,18-20,40H,3,9-17H2,1-2H3,(H,34,38)/t28-/m1/s1. The summed E-state index contributed by atoms with van der Waals surface area (Å²) in [6.45, 7) is 3.82. The summed E-state index contributed by atoms with van der Waals surface area (Å²) in [5, 5.41) is 13.5. The molecule has 41 heavy (non-hydrogen) atoms. The summed E-state index contributed by atoms with van der Waals surface area (Å²) in [5.74, 6) is -0.0249. The maximum Gasteiger partial charge on any atom is 0.430 e. The summed E-state index contributed by atoms with van der Waals surface area (Å²) in [6, 6.07) is 8.46. The third kappa shape index (κ3) is 6.72. The number of pyridine rings is 1. The highest BCUT2D eigenvalue weighted by Gasteiger charge is 2.62. The zero-order chi connectivity index (χ0) is 29.8. The second kappa shape index (κ2) is 12.9. The van der Waals surface area contributed by atoms with Crippen LogP contribution in [0.2, 0.25) is 5.15 Å². The number of hydrogen-bond donors (Lipinski definition) is 2. The summed E-state index contributed by atoms with van der Waals surface area (Å²) in [4.78, 5) is 32.7. The molecule has 0 saturated carbocycles. The van der Waals surface area contributed by atoms with Crippen molar-refractivity contribution in [3.63, 3.8) is 0 Å². The Morgan fingerprint density at radius 2 is 1.71 bits per heavy atom. The van der Waals surface area contributed by atoms with E-state index >= 15 is 0 Å². The molecule has 2 fully saturated rings. The topological polar surface area (TPSA) is 95.0 Å². The van der Waals surface area contributed by atoms with Crippen molar-refractivity contribution < 1.29 is 32.6 Å². The number of piperidine rings is 2. The molecule has 1 aromatic carbocycles. The fourth-order valence-electron chi connectivity index (χ4n) is 5.76. The lowest BCUT2D eigenvalue weighted by Gasteiger charge is -2.40. The van der Waals surface area contributed by atoms with E-state index in [0.29, 0.717) is 24.3 Å².